The summed E-state index contributed by atoms with van der Waals surface area (Å²) in [6, 6.07) is 0. The Balaban J connectivity index is 2.66. The van der Waals surface area contributed by atoms with Gasteiger partial charge in [-0.05, 0) is 11.8 Å². The number of H-pyrrole nitrogens is 1. The zero-order valence-electron chi connectivity index (χ0n) is 9.66. The van der Waals surface area contributed by atoms with Crippen LogP contribution in [0.15, 0.2) is 11.0 Å². The molecule has 1 aromatic heterocycles. The lowest BCUT2D eigenvalue weighted by Gasteiger charge is -2.29. The van der Waals surface area contributed by atoms with E-state index in [0.29, 0.717) is 12.1 Å². The smallest absolute Gasteiger partial charge is 0.341 e. The van der Waals surface area contributed by atoms with Crippen molar-refractivity contribution in [3.05, 3.63) is 33.2 Å². The van der Waals surface area contributed by atoms with Crippen molar-refractivity contribution < 1.29 is 14.7 Å². The Morgan fingerprint density at radius 3 is 2.59 bits per heavy atom. The molecule has 17 heavy (non-hydrogen) atoms. The third-order valence-electron chi connectivity index (χ3n) is 2.97. The molecule has 0 amide bonds. The third kappa shape index (κ3) is 1.88. The van der Waals surface area contributed by atoms with Gasteiger partial charge in [-0.15, -0.1) is 0 Å². The molecule has 90 valence electrons. The Bertz CT molecular complexity index is 568. The number of carbonyl (C=O) groups is 2. The molecular formula is C12H13NO4. The van der Waals surface area contributed by atoms with E-state index in [0.717, 1.165) is 6.20 Å². The molecule has 0 bridgehead atoms. The van der Waals surface area contributed by atoms with E-state index < -0.39 is 11.4 Å². The van der Waals surface area contributed by atoms with Gasteiger partial charge >= 0.3 is 5.97 Å². The van der Waals surface area contributed by atoms with E-state index in [2.05, 4.69) is 4.98 Å². The normalized spacial score (nSPS) is 17.6. The topological polar surface area (TPSA) is 87.2 Å². The number of Topliss-reactive ketones (excluding diaryl/α,β-unsaturated/α-hetero) is 1. The number of hydrogen-bond acceptors (Lipinski definition) is 3. The number of fused-ring (bicyclic) bond motifs is 1. The highest BCUT2D eigenvalue weighted by Crippen LogP contribution is 2.32. The third-order valence-corrected chi connectivity index (χ3v) is 2.97. The van der Waals surface area contributed by atoms with Crippen LogP contribution >= 0.6 is 0 Å². The quantitative estimate of drug-likeness (QED) is 0.766. The largest absolute Gasteiger partial charge is 0.477 e. The highest BCUT2D eigenvalue weighted by molar-refractivity contribution is 6.00. The van der Waals surface area contributed by atoms with Crippen molar-refractivity contribution in [2.45, 2.75) is 26.7 Å². The Kier molecular flexibility index (Phi) is 2.41. The van der Waals surface area contributed by atoms with Crippen molar-refractivity contribution in [3.63, 3.8) is 0 Å². The van der Waals surface area contributed by atoms with Crippen LogP contribution in [-0.2, 0) is 6.42 Å². The van der Waals surface area contributed by atoms with Crippen LogP contribution in [0.25, 0.3) is 0 Å². The molecule has 0 fully saturated rings. The number of carboxylic acids is 1. The van der Waals surface area contributed by atoms with Crippen LogP contribution < -0.4 is 5.43 Å². The summed E-state index contributed by atoms with van der Waals surface area (Å²) in [4.78, 5) is 37.3. The van der Waals surface area contributed by atoms with Crippen molar-refractivity contribution in [2.24, 2.45) is 5.41 Å². The summed E-state index contributed by atoms with van der Waals surface area (Å²) in [6.07, 6.45) is 2.01. The second-order valence-electron chi connectivity index (χ2n) is 5.13. The number of carbonyl (C=O) groups excluding carboxylic acids is 1. The first-order valence-electron chi connectivity index (χ1n) is 5.33. The van der Waals surface area contributed by atoms with Gasteiger partial charge in [0.25, 0.3) is 0 Å². The molecule has 1 aromatic rings. The lowest BCUT2D eigenvalue weighted by atomic mass is 9.75. The fraction of sp³-hybridized carbons (Fsp3) is 0.417. The summed E-state index contributed by atoms with van der Waals surface area (Å²) in [5.41, 5.74) is -0.688. The number of carboxylic acid groups (broad SMARTS) is 1. The zero-order chi connectivity index (χ0) is 12.8. The van der Waals surface area contributed by atoms with Crippen molar-refractivity contribution in [1.29, 1.82) is 0 Å². The standard InChI is InChI=1S/C12H13NO4/c1-12(2)3-7-9(8(14)4-12)10(15)6(5-13-7)11(16)17/h5H,3-4H2,1-2H3,(H,13,15)(H,16,17). The van der Waals surface area contributed by atoms with E-state index in [-0.39, 0.29) is 28.7 Å². The fourth-order valence-corrected chi connectivity index (χ4v) is 2.23. The minimum Gasteiger partial charge on any atom is -0.477 e. The zero-order valence-corrected chi connectivity index (χ0v) is 9.66. The summed E-state index contributed by atoms with van der Waals surface area (Å²) in [5, 5.41) is 8.82. The number of aromatic carboxylic acids is 1. The molecule has 1 heterocycles. The number of aromatic nitrogens is 1. The fourth-order valence-electron chi connectivity index (χ4n) is 2.23. The number of rotatable bonds is 1. The Morgan fingerprint density at radius 2 is 2.00 bits per heavy atom. The molecule has 0 aromatic carbocycles. The van der Waals surface area contributed by atoms with Crippen molar-refractivity contribution in [3.8, 4) is 0 Å². The molecule has 0 atom stereocenters. The molecule has 2 N–H and O–H groups in total. The molecule has 0 saturated carbocycles. The average Bonchev–Trinajstić information content (AvgIpc) is 2.13. The van der Waals surface area contributed by atoms with Crippen LogP contribution in [0.4, 0.5) is 0 Å². The maximum Gasteiger partial charge on any atom is 0.341 e. The van der Waals surface area contributed by atoms with E-state index >= 15 is 0 Å². The number of nitrogens with one attached hydrogen (secondary N) is 1. The van der Waals surface area contributed by atoms with E-state index in [9.17, 15) is 14.4 Å². The second kappa shape index (κ2) is 3.55. The summed E-state index contributed by atoms with van der Waals surface area (Å²) < 4.78 is 0. The lowest BCUT2D eigenvalue weighted by molar-refractivity contribution is 0.0695. The van der Waals surface area contributed by atoms with Gasteiger partial charge in [0, 0.05) is 18.3 Å². The van der Waals surface area contributed by atoms with Crippen LogP contribution in [0.1, 0.15) is 46.7 Å². The molecule has 0 radical (unpaired) electrons. The van der Waals surface area contributed by atoms with Gasteiger partial charge in [-0.2, -0.15) is 0 Å². The molecule has 2 rings (SSSR count). The highest BCUT2D eigenvalue weighted by atomic mass is 16.4. The molecule has 0 saturated heterocycles. The van der Waals surface area contributed by atoms with Gasteiger partial charge < -0.3 is 10.1 Å². The summed E-state index contributed by atoms with van der Waals surface area (Å²) in [5.74, 6) is -1.59. The number of pyridine rings is 1. The molecule has 5 nitrogen and oxygen atoms in total. The summed E-state index contributed by atoms with van der Waals surface area (Å²) in [6.45, 7) is 3.88. The second-order valence-corrected chi connectivity index (χ2v) is 5.13. The average molecular weight is 235 g/mol. The van der Waals surface area contributed by atoms with Crippen LogP contribution in [0.2, 0.25) is 0 Å². The highest BCUT2D eigenvalue weighted by Gasteiger charge is 2.34. The van der Waals surface area contributed by atoms with Crippen molar-refractivity contribution >= 4 is 11.8 Å². The van der Waals surface area contributed by atoms with Gasteiger partial charge in [0.1, 0.15) is 5.56 Å². The maximum absolute atomic E-state index is 11.9. The van der Waals surface area contributed by atoms with Gasteiger partial charge in [-0.25, -0.2) is 4.79 Å². The van der Waals surface area contributed by atoms with Gasteiger partial charge in [-0.1, -0.05) is 13.8 Å². The monoisotopic (exact) mass is 235 g/mol. The molecule has 0 spiro atoms. The molecule has 5 heteroatoms. The van der Waals surface area contributed by atoms with Gasteiger partial charge in [0.2, 0.25) is 5.43 Å². The summed E-state index contributed by atoms with van der Waals surface area (Å²) >= 11 is 0. The van der Waals surface area contributed by atoms with Gasteiger partial charge in [-0.3, -0.25) is 9.59 Å². The van der Waals surface area contributed by atoms with Crippen LogP contribution in [0.3, 0.4) is 0 Å². The SMILES string of the molecule is CC1(C)CC(=O)c2c([nH]cc(C(=O)O)c2=O)C1. The molecular weight excluding hydrogens is 222 g/mol. The Labute approximate surface area is 97.5 Å². The van der Waals surface area contributed by atoms with E-state index in [1.54, 1.807) is 0 Å². The van der Waals surface area contributed by atoms with Crippen molar-refractivity contribution in [1.82, 2.24) is 4.98 Å². The first kappa shape index (κ1) is 11.6. The summed E-state index contributed by atoms with van der Waals surface area (Å²) in [7, 11) is 0. The lowest BCUT2D eigenvalue weighted by Crippen LogP contribution is -2.34. The minimum absolute atomic E-state index is 0.0178. The first-order chi connectivity index (χ1) is 7.82. The number of aromatic amines is 1. The Morgan fingerprint density at radius 1 is 1.35 bits per heavy atom. The predicted molar refractivity (Wildman–Crippen MR) is 60.5 cm³/mol. The van der Waals surface area contributed by atoms with Crippen LogP contribution in [0, 0.1) is 5.41 Å². The van der Waals surface area contributed by atoms with Gasteiger partial charge in [0.15, 0.2) is 5.78 Å². The molecule has 1 aliphatic carbocycles. The van der Waals surface area contributed by atoms with Crippen molar-refractivity contribution in [2.75, 3.05) is 0 Å². The van der Waals surface area contributed by atoms with E-state index in [1.807, 2.05) is 13.8 Å². The minimum atomic E-state index is -1.31. The molecule has 1 aliphatic rings. The van der Waals surface area contributed by atoms with Gasteiger partial charge in [0.05, 0.1) is 5.56 Å². The van der Waals surface area contributed by atoms with E-state index in [4.69, 9.17) is 5.11 Å². The van der Waals surface area contributed by atoms with E-state index in [1.165, 1.54) is 0 Å². The Hall–Kier alpha value is -1.91. The maximum atomic E-state index is 11.9. The molecule has 0 unspecified atom stereocenters. The van der Waals surface area contributed by atoms with Crippen LogP contribution in [-0.4, -0.2) is 21.8 Å². The van der Waals surface area contributed by atoms with Crippen LogP contribution in [0.5, 0.6) is 0 Å². The molecule has 0 aliphatic heterocycles. The first-order valence-corrected chi connectivity index (χ1v) is 5.33. The number of hydrogen-bond donors (Lipinski definition) is 2. The number of ketones is 1. The predicted octanol–water partition coefficient (Wildman–Crippen LogP) is 1.23.